The number of benzene rings is 2. The van der Waals surface area contributed by atoms with E-state index < -0.39 is 11.9 Å². The van der Waals surface area contributed by atoms with Crippen molar-refractivity contribution in [3.05, 3.63) is 76.2 Å². The summed E-state index contributed by atoms with van der Waals surface area (Å²) in [4.78, 5) is 25.5. The molecule has 9 heteroatoms. The van der Waals surface area contributed by atoms with Crippen LogP contribution in [0.3, 0.4) is 0 Å². The number of hydrogen-bond acceptors (Lipinski definition) is 6. The molecule has 1 aromatic heterocycles. The Morgan fingerprint density at radius 2 is 1.81 bits per heavy atom. The van der Waals surface area contributed by atoms with Crippen LogP contribution in [0, 0.1) is 5.82 Å². The number of nitrogens with one attached hydrogen (secondary N) is 3. The van der Waals surface area contributed by atoms with Gasteiger partial charge in [-0.2, -0.15) is 0 Å². The number of carbonyl (C=O) groups excluding carboxylic acids is 2. The van der Waals surface area contributed by atoms with Gasteiger partial charge in [0.05, 0.1) is 12.6 Å². The highest BCUT2D eigenvalue weighted by atomic mass is 32.1. The Bertz CT molecular complexity index is 1060. The molecule has 7 nitrogen and oxygen atoms in total. The van der Waals surface area contributed by atoms with Gasteiger partial charge in [-0.05, 0) is 41.3 Å². The number of carbonyl (C=O) groups is 2. The van der Waals surface area contributed by atoms with Crippen molar-refractivity contribution >= 4 is 29.0 Å². The van der Waals surface area contributed by atoms with Crippen LogP contribution in [-0.4, -0.2) is 31.7 Å². The smallest absolute Gasteiger partial charge is 0.325 e. The first kappa shape index (κ1) is 20.8. The topological polar surface area (TPSA) is 88.7 Å². The maximum atomic E-state index is 13.3. The van der Waals surface area contributed by atoms with Gasteiger partial charge in [-0.15, -0.1) is 11.3 Å². The second-order valence-corrected chi connectivity index (χ2v) is 7.72. The zero-order valence-electron chi connectivity index (χ0n) is 16.4. The molecule has 3 amide bonds. The molecule has 0 saturated heterocycles. The first-order chi connectivity index (χ1) is 15.1. The standard InChI is InChI=1S/C22H20FN3O4S/c23-15-5-3-14(4-6-15)21(19-2-1-11-31-19)24-13-20(27)26-22(28)25-16-7-8-17-18(12-16)30-10-9-29-17/h1-8,11-12,21,24H,9-10,13H2,(H2,25,26,27,28)/t21-/m0/s1. The van der Waals surface area contributed by atoms with Gasteiger partial charge in [0.15, 0.2) is 11.5 Å². The maximum absolute atomic E-state index is 13.3. The van der Waals surface area contributed by atoms with Crippen molar-refractivity contribution < 1.29 is 23.5 Å². The van der Waals surface area contributed by atoms with Crippen molar-refractivity contribution in [2.75, 3.05) is 25.1 Å². The van der Waals surface area contributed by atoms with Crippen LogP contribution < -0.4 is 25.4 Å². The summed E-state index contributed by atoms with van der Waals surface area (Å²) >= 11 is 1.52. The molecule has 2 heterocycles. The first-order valence-corrected chi connectivity index (χ1v) is 10.5. The quantitative estimate of drug-likeness (QED) is 0.543. The third-order valence-electron chi connectivity index (χ3n) is 4.55. The van der Waals surface area contributed by atoms with E-state index in [1.807, 2.05) is 17.5 Å². The lowest BCUT2D eigenvalue weighted by Crippen LogP contribution is -2.41. The fourth-order valence-corrected chi connectivity index (χ4v) is 3.97. The number of amides is 3. The van der Waals surface area contributed by atoms with Gasteiger partial charge in [-0.3, -0.25) is 15.4 Å². The summed E-state index contributed by atoms with van der Waals surface area (Å²) in [6, 6.07) is 14.0. The van der Waals surface area contributed by atoms with E-state index in [1.165, 1.54) is 23.5 Å². The Labute approximate surface area is 182 Å². The van der Waals surface area contributed by atoms with Crippen molar-refractivity contribution in [1.29, 1.82) is 0 Å². The molecule has 2 aromatic carbocycles. The second-order valence-electron chi connectivity index (χ2n) is 6.74. The van der Waals surface area contributed by atoms with Crippen LogP contribution in [0.15, 0.2) is 60.0 Å². The molecule has 31 heavy (non-hydrogen) atoms. The predicted molar refractivity (Wildman–Crippen MR) is 115 cm³/mol. The van der Waals surface area contributed by atoms with Gasteiger partial charge in [0.1, 0.15) is 19.0 Å². The molecular formula is C22H20FN3O4S. The van der Waals surface area contributed by atoms with Crippen molar-refractivity contribution in [1.82, 2.24) is 10.6 Å². The summed E-state index contributed by atoms with van der Waals surface area (Å²) in [7, 11) is 0. The Hall–Kier alpha value is -3.43. The molecule has 1 atom stereocenters. The van der Waals surface area contributed by atoms with Crippen molar-refractivity contribution in [2.24, 2.45) is 0 Å². The molecule has 0 aliphatic carbocycles. The highest BCUT2D eigenvalue weighted by Crippen LogP contribution is 2.32. The minimum atomic E-state index is -0.655. The monoisotopic (exact) mass is 441 g/mol. The van der Waals surface area contributed by atoms with Gasteiger partial charge in [-0.25, -0.2) is 9.18 Å². The zero-order valence-corrected chi connectivity index (χ0v) is 17.2. The molecule has 0 spiro atoms. The summed E-state index contributed by atoms with van der Waals surface area (Å²) in [5, 5.41) is 9.94. The van der Waals surface area contributed by atoms with Gasteiger partial charge in [0.25, 0.3) is 0 Å². The van der Waals surface area contributed by atoms with Crippen LogP contribution >= 0.6 is 11.3 Å². The van der Waals surface area contributed by atoms with Gasteiger partial charge >= 0.3 is 6.03 Å². The lowest BCUT2D eigenvalue weighted by Gasteiger charge is -2.19. The number of thiophene rings is 1. The lowest BCUT2D eigenvalue weighted by molar-refractivity contribution is -0.119. The SMILES string of the molecule is O=C(CN[C@@H](c1ccc(F)cc1)c1cccs1)NC(=O)Nc1ccc2c(c1)OCCO2. The fourth-order valence-electron chi connectivity index (χ4n) is 3.14. The summed E-state index contributed by atoms with van der Waals surface area (Å²) in [6.07, 6.45) is 0. The predicted octanol–water partition coefficient (Wildman–Crippen LogP) is 3.69. The number of ether oxygens (including phenoxy) is 2. The Balaban J connectivity index is 1.34. The first-order valence-electron chi connectivity index (χ1n) is 9.61. The molecule has 3 N–H and O–H groups in total. The van der Waals surface area contributed by atoms with E-state index in [9.17, 15) is 14.0 Å². The lowest BCUT2D eigenvalue weighted by atomic mass is 10.1. The molecule has 0 bridgehead atoms. The number of rotatable bonds is 6. The van der Waals surface area contributed by atoms with E-state index in [0.29, 0.717) is 30.4 Å². The molecule has 160 valence electrons. The van der Waals surface area contributed by atoms with Crippen molar-refractivity contribution in [3.63, 3.8) is 0 Å². The highest BCUT2D eigenvalue weighted by molar-refractivity contribution is 7.10. The minimum Gasteiger partial charge on any atom is -0.486 e. The van der Waals surface area contributed by atoms with Crippen LogP contribution in [0.2, 0.25) is 0 Å². The van der Waals surface area contributed by atoms with Crippen LogP contribution in [0.4, 0.5) is 14.9 Å². The zero-order chi connectivity index (χ0) is 21.6. The second kappa shape index (κ2) is 9.59. The molecule has 1 aliphatic rings. The summed E-state index contributed by atoms with van der Waals surface area (Å²) in [6.45, 7) is 0.812. The van der Waals surface area contributed by atoms with Crippen molar-refractivity contribution in [3.8, 4) is 11.5 Å². The van der Waals surface area contributed by atoms with Gasteiger partial charge in [-0.1, -0.05) is 18.2 Å². The van der Waals surface area contributed by atoms with Crippen LogP contribution in [-0.2, 0) is 4.79 Å². The van der Waals surface area contributed by atoms with Gasteiger partial charge in [0.2, 0.25) is 5.91 Å². The molecule has 0 unspecified atom stereocenters. The Morgan fingerprint density at radius 3 is 2.55 bits per heavy atom. The Morgan fingerprint density at radius 1 is 1.03 bits per heavy atom. The van der Waals surface area contributed by atoms with E-state index in [1.54, 1.807) is 30.3 Å². The fraction of sp³-hybridized carbons (Fsp3) is 0.182. The molecule has 0 saturated carbocycles. The van der Waals surface area contributed by atoms with Crippen molar-refractivity contribution in [2.45, 2.75) is 6.04 Å². The summed E-state index contributed by atoms with van der Waals surface area (Å²) in [5.74, 6) is 0.314. The van der Waals surface area contributed by atoms with E-state index in [2.05, 4.69) is 16.0 Å². The molecule has 0 fully saturated rings. The van der Waals surface area contributed by atoms with E-state index in [0.717, 1.165) is 10.4 Å². The normalized spacial score (nSPS) is 13.3. The van der Waals surface area contributed by atoms with Crippen LogP contribution in [0.25, 0.3) is 0 Å². The number of imide groups is 1. The maximum Gasteiger partial charge on any atom is 0.325 e. The minimum absolute atomic E-state index is 0.103. The Kier molecular flexibility index (Phi) is 6.44. The number of fused-ring (bicyclic) bond motifs is 1. The van der Waals surface area contributed by atoms with E-state index in [-0.39, 0.29) is 18.4 Å². The molecule has 3 aromatic rings. The molecule has 4 rings (SSSR count). The largest absolute Gasteiger partial charge is 0.486 e. The molecular weight excluding hydrogens is 421 g/mol. The number of urea groups is 1. The molecule has 1 aliphatic heterocycles. The van der Waals surface area contributed by atoms with Crippen LogP contribution in [0.1, 0.15) is 16.5 Å². The average Bonchev–Trinajstić information content (AvgIpc) is 3.29. The summed E-state index contributed by atoms with van der Waals surface area (Å²) < 4.78 is 24.2. The molecule has 0 radical (unpaired) electrons. The van der Waals surface area contributed by atoms with Gasteiger partial charge < -0.3 is 14.8 Å². The average molecular weight is 441 g/mol. The van der Waals surface area contributed by atoms with Crippen LogP contribution in [0.5, 0.6) is 11.5 Å². The third kappa shape index (κ3) is 5.39. The number of hydrogen-bond donors (Lipinski definition) is 3. The van der Waals surface area contributed by atoms with Gasteiger partial charge in [0, 0.05) is 16.6 Å². The summed E-state index contributed by atoms with van der Waals surface area (Å²) in [5.41, 5.74) is 1.29. The van der Waals surface area contributed by atoms with E-state index in [4.69, 9.17) is 9.47 Å². The number of anilines is 1. The number of halogens is 1. The van der Waals surface area contributed by atoms with E-state index >= 15 is 0 Å². The third-order valence-corrected chi connectivity index (χ3v) is 5.49. The highest BCUT2D eigenvalue weighted by Gasteiger charge is 2.18.